The highest BCUT2D eigenvalue weighted by Gasteiger charge is 2.18. The molecule has 0 amide bonds. The lowest BCUT2D eigenvalue weighted by Gasteiger charge is -2.07. The van der Waals surface area contributed by atoms with Crippen molar-refractivity contribution in [3.05, 3.63) is 61.3 Å². The average Bonchev–Trinajstić information content (AvgIpc) is 2.44. The predicted octanol–water partition coefficient (Wildman–Crippen LogP) is 5.16. The molecule has 0 unspecified atom stereocenters. The molecule has 0 saturated carbocycles. The molecule has 0 aliphatic heterocycles. The van der Waals surface area contributed by atoms with Crippen LogP contribution in [-0.2, 0) is 11.3 Å². The number of carbonyl (C=O) groups excluding carboxylic acids is 1. The van der Waals surface area contributed by atoms with E-state index >= 15 is 0 Å². The first kappa shape index (κ1) is 15.6. The number of nitrogens with zero attached hydrogens (tertiary/aromatic N) is 1. The third-order valence-corrected chi connectivity index (χ3v) is 4.16. The van der Waals surface area contributed by atoms with Crippen LogP contribution in [0.4, 0.5) is 0 Å². The lowest BCUT2D eigenvalue weighted by molar-refractivity contribution is 0.0466. The second-order valence-electron chi connectivity index (χ2n) is 3.79. The van der Waals surface area contributed by atoms with E-state index in [2.05, 4.69) is 20.9 Å². The van der Waals surface area contributed by atoms with E-state index < -0.39 is 5.97 Å². The highest BCUT2D eigenvalue weighted by atomic mass is 79.9. The maximum atomic E-state index is 11.9. The largest absolute Gasteiger partial charge is 0.456 e. The van der Waals surface area contributed by atoms with Gasteiger partial charge < -0.3 is 4.74 Å². The second kappa shape index (κ2) is 6.76. The van der Waals surface area contributed by atoms with Gasteiger partial charge in [0.1, 0.15) is 6.61 Å². The summed E-state index contributed by atoms with van der Waals surface area (Å²) < 4.78 is 6.07. The number of pyridine rings is 1. The number of rotatable bonds is 3. The molecule has 1 aromatic carbocycles. The van der Waals surface area contributed by atoms with Gasteiger partial charge in [-0.25, -0.2) is 9.78 Å². The molecule has 3 nitrogen and oxygen atoms in total. The van der Waals surface area contributed by atoms with Gasteiger partial charge in [-0.3, -0.25) is 0 Å². The van der Waals surface area contributed by atoms with Crippen LogP contribution in [0.3, 0.4) is 0 Å². The summed E-state index contributed by atoms with van der Waals surface area (Å²) in [6.07, 6.45) is 1.26. The highest BCUT2D eigenvalue weighted by molar-refractivity contribution is 9.10. The van der Waals surface area contributed by atoms with E-state index in [1.807, 2.05) is 24.3 Å². The number of ether oxygens (including phenoxy) is 1. The molecule has 7 heteroatoms. The highest BCUT2D eigenvalue weighted by Crippen LogP contribution is 2.31. The van der Waals surface area contributed by atoms with Crippen molar-refractivity contribution in [1.29, 1.82) is 0 Å². The van der Waals surface area contributed by atoms with Crippen molar-refractivity contribution in [1.82, 2.24) is 4.98 Å². The molecule has 0 fully saturated rings. The minimum Gasteiger partial charge on any atom is -0.456 e. The van der Waals surface area contributed by atoms with Gasteiger partial charge in [0.25, 0.3) is 0 Å². The zero-order valence-electron chi connectivity index (χ0n) is 9.87. The van der Waals surface area contributed by atoms with Gasteiger partial charge >= 0.3 is 5.97 Å². The Bertz CT molecular complexity index is 647. The van der Waals surface area contributed by atoms with Gasteiger partial charge in [-0.05, 0) is 17.7 Å². The van der Waals surface area contributed by atoms with Crippen LogP contribution in [0.15, 0.2) is 34.9 Å². The first-order valence-electron chi connectivity index (χ1n) is 5.40. The standard InChI is InChI=1S/C13H7BrCl3NO2/c14-8-3-1-7(2-4-8)6-20-13(19)12-11(17)10(16)9(15)5-18-12/h1-5H,6H2. The number of carbonyl (C=O) groups is 1. The van der Waals surface area contributed by atoms with Crippen molar-refractivity contribution in [2.75, 3.05) is 0 Å². The maximum absolute atomic E-state index is 11.9. The van der Waals surface area contributed by atoms with Gasteiger partial charge in [-0.15, -0.1) is 0 Å². The van der Waals surface area contributed by atoms with Crippen LogP contribution < -0.4 is 0 Å². The predicted molar refractivity (Wildman–Crippen MR) is 82.5 cm³/mol. The number of aromatic nitrogens is 1. The lowest BCUT2D eigenvalue weighted by Crippen LogP contribution is -2.08. The molecule has 2 aromatic rings. The lowest BCUT2D eigenvalue weighted by atomic mass is 10.2. The van der Waals surface area contributed by atoms with Gasteiger partial charge in [0.05, 0.1) is 15.1 Å². The third kappa shape index (κ3) is 3.64. The Labute approximate surface area is 138 Å². The summed E-state index contributed by atoms with van der Waals surface area (Å²) in [5.74, 6) is -0.656. The van der Waals surface area contributed by atoms with Crippen LogP contribution in [0.2, 0.25) is 15.1 Å². The minimum absolute atomic E-state index is 0.0139. The smallest absolute Gasteiger partial charge is 0.358 e. The van der Waals surface area contributed by atoms with E-state index in [0.29, 0.717) is 0 Å². The first-order chi connectivity index (χ1) is 9.49. The van der Waals surface area contributed by atoms with Crippen LogP contribution >= 0.6 is 50.7 Å². The van der Waals surface area contributed by atoms with Crippen molar-refractivity contribution < 1.29 is 9.53 Å². The third-order valence-electron chi connectivity index (χ3n) is 2.39. The topological polar surface area (TPSA) is 39.2 Å². The Hall–Kier alpha value is -0.810. The van der Waals surface area contributed by atoms with Gasteiger partial charge in [-0.1, -0.05) is 62.9 Å². The molecule has 104 valence electrons. The van der Waals surface area contributed by atoms with E-state index in [1.54, 1.807) is 0 Å². The summed E-state index contributed by atoms with van der Waals surface area (Å²) in [5.41, 5.74) is 0.788. The summed E-state index contributed by atoms with van der Waals surface area (Å²) in [6, 6.07) is 7.38. The van der Waals surface area contributed by atoms with E-state index in [9.17, 15) is 4.79 Å². The van der Waals surface area contributed by atoms with Crippen LogP contribution in [0, 0.1) is 0 Å². The van der Waals surface area contributed by atoms with Crippen LogP contribution in [0.5, 0.6) is 0 Å². The van der Waals surface area contributed by atoms with E-state index in [1.165, 1.54) is 6.20 Å². The molecule has 0 spiro atoms. The fourth-order valence-electron chi connectivity index (χ4n) is 1.38. The quantitative estimate of drug-likeness (QED) is 0.674. The summed E-state index contributed by atoms with van der Waals surface area (Å²) in [4.78, 5) is 15.7. The van der Waals surface area contributed by atoms with Crippen molar-refractivity contribution in [3.8, 4) is 0 Å². The molecule has 0 N–H and O–H groups in total. The van der Waals surface area contributed by atoms with Gasteiger partial charge in [0.15, 0.2) is 5.69 Å². The van der Waals surface area contributed by atoms with Crippen molar-refractivity contribution in [3.63, 3.8) is 0 Å². The molecular formula is C13H7BrCl3NO2. The fourth-order valence-corrected chi connectivity index (χ4v) is 2.21. The number of hydrogen-bond acceptors (Lipinski definition) is 3. The minimum atomic E-state index is -0.656. The SMILES string of the molecule is O=C(OCc1ccc(Br)cc1)c1ncc(Cl)c(Cl)c1Cl. The molecule has 1 heterocycles. The normalized spacial score (nSPS) is 10.4. The van der Waals surface area contributed by atoms with Crippen molar-refractivity contribution >= 4 is 56.7 Å². The Morgan fingerprint density at radius 2 is 1.80 bits per heavy atom. The molecule has 2 rings (SSSR count). The summed E-state index contributed by atoms with van der Waals surface area (Å²) >= 11 is 20.8. The number of benzene rings is 1. The van der Waals surface area contributed by atoms with Crippen LogP contribution in [0.1, 0.15) is 16.1 Å². The van der Waals surface area contributed by atoms with Crippen molar-refractivity contribution in [2.45, 2.75) is 6.61 Å². The molecule has 0 saturated heterocycles. The Kier molecular flexibility index (Phi) is 5.27. The summed E-state index contributed by atoms with van der Waals surface area (Å²) in [7, 11) is 0. The Balaban J connectivity index is 2.09. The van der Waals surface area contributed by atoms with Gasteiger partial charge in [0, 0.05) is 10.7 Å². The van der Waals surface area contributed by atoms with E-state index in [-0.39, 0.29) is 27.4 Å². The zero-order valence-corrected chi connectivity index (χ0v) is 13.7. The molecule has 1 aromatic heterocycles. The Morgan fingerprint density at radius 3 is 2.45 bits per heavy atom. The molecule has 0 aliphatic rings. The van der Waals surface area contributed by atoms with Crippen LogP contribution in [0.25, 0.3) is 0 Å². The maximum Gasteiger partial charge on any atom is 0.358 e. The van der Waals surface area contributed by atoms with Crippen LogP contribution in [-0.4, -0.2) is 11.0 Å². The second-order valence-corrected chi connectivity index (χ2v) is 5.86. The molecule has 0 atom stereocenters. The number of esters is 1. The zero-order chi connectivity index (χ0) is 14.7. The molecule has 0 aliphatic carbocycles. The van der Waals surface area contributed by atoms with Gasteiger partial charge in [-0.2, -0.15) is 0 Å². The first-order valence-corrected chi connectivity index (χ1v) is 7.33. The van der Waals surface area contributed by atoms with E-state index in [0.717, 1.165) is 10.0 Å². The van der Waals surface area contributed by atoms with Crippen molar-refractivity contribution in [2.24, 2.45) is 0 Å². The Morgan fingerprint density at radius 1 is 1.15 bits per heavy atom. The average molecular weight is 395 g/mol. The molecule has 0 radical (unpaired) electrons. The molecular weight excluding hydrogens is 388 g/mol. The molecule has 0 bridgehead atoms. The fraction of sp³-hybridized carbons (Fsp3) is 0.0769. The molecule has 20 heavy (non-hydrogen) atoms. The monoisotopic (exact) mass is 393 g/mol. The van der Waals surface area contributed by atoms with Gasteiger partial charge in [0.2, 0.25) is 0 Å². The number of halogens is 4. The number of hydrogen-bond donors (Lipinski definition) is 0. The summed E-state index contributed by atoms with van der Waals surface area (Å²) in [5, 5.41) is 0.250. The van der Waals surface area contributed by atoms with E-state index in [4.69, 9.17) is 39.5 Å². The summed E-state index contributed by atoms with van der Waals surface area (Å²) in [6.45, 7) is 0.115.